The van der Waals surface area contributed by atoms with Gasteiger partial charge in [-0.15, -0.1) is 11.3 Å². The average Bonchev–Trinajstić information content (AvgIpc) is 2.60. The Morgan fingerprint density at radius 1 is 1.13 bits per heavy atom. The molecular formula is C13H17NS. The molecule has 0 aliphatic rings. The second kappa shape index (κ2) is 3.93. The van der Waals surface area contributed by atoms with Gasteiger partial charge in [0, 0.05) is 11.1 Å². The van der Waals surface area contributed by atoms with Gasteiger partial charge in [0.15, 0.2) is 0 Å². The van der Waals surface area contributed by atoms with Gasteiger partial charge in [-0.3, -0.25) is 4.98 Å². The van der Waals surface area contributed by atoms with E-state index in [0.717, 1.165) is 5.52 Å². The van der Waals surface area contributed by atoms with Crippen molar-refractivity contribution in [2.45, 2.75) is 39.5 Å². The summed E-state index contributed by atoms with van der Waals surface area (Å²) in [5.74, 6) is 1.18. The molecule has 0 fully saturated rings. The second-order valence-electron chi connectivity index (χ2n) is 4.57. The standard InChI is InChI=1S/C13H17NS/c1-8(2)10-5-6-14-11-7-12(9(3)4)15-13(10)11/h5-9H,1-4H3. The molecule has 0 aromatic carbocycles. The van der Waals surface area contributed by atoms with Gasteiger partial charge in [0.25, 0.3) is 0 Å². The molecule has 0 aliphatic heterocycles. The molecule has 0 atom stereocenters. The van der Waals surface area contributed by atoms with Crippen LogP contribution in [0.15, 0.2) is 18.3 Å². The smallest absolute Gasteiger partial charge is 0.0815 e. The maximum atomic E-state index is 4.44. The van der Waals surface area contributed by atoms with Crippen LogP contribution < -0.4 is 0 Å². The molecule has 1 nitrogen and oxygen atoms in total. The molecule has 80 valence electrons. The van der Waals surface area contributed by atoms with E-state index in [1.807, 2.05) is 17.5 Å². The Kier molecular flexibility index (Phi) is 2.79. The molecule has 0 amide bonds. The normalized spacial score (nSPS) is 11.9. The van der Waals surface area contributed by atoms with Gasteiger partial charge in [-0.2, -0.15) is 0 Å². The molecule has 0 radical (unpaired) electrons. The molecule has 2 rings (SSSR count). The van der Waals surface area contributed by atoms with Crippen molar-refractivity contribution in [3.8, 4) is 0 Å². The molecule has 0 saturated carbocycles. The third-order valence-electron chi connectivity index (χ3n) is 2.65. The Labute approximate surface area is 95.2 Å². The van der Waals surface area contributed by atoms with Crippen LogP contribution in [0.5, 0.6) is 0 Å². The lowest BCUT2D eigenvalue weighted by atomic mass is 10.0. The Hall–Kier alpha value is -0.890. The van der Waals surface area contributed by atoms with Crippen LogP contribution >= 0.6 is 11.3 Å². The Bertz CT molecular complexity index is 468. The fraction of sp³-hybridized carbons (Fsp3) is 0.462. The maximum absolute atomic E-state index is 4.44. The zero-order valence-electron chi connectivity index (χ0n) is 9.74. The SMILES string of the molecule is CC(C)c1cc2nccc(C(C)C)c2s1. The molecule has 0 N–H and O–H groups in total. The summed E-state index contributed by atoms with van der Waals surface area (Å²) in [7, 11) is 0. The van der Waals surface area contributed by atoms with Gasteiger partial charge in [0.05, 0.1) is 10.2 Å². The van der Waals surface area contributed by atoms with Crippen LogP contribution in [0.1, 0.15) is 50.0 Å². The van der Waals surface area contributed by atoms with Crippen molar-refractivity contribution >= 4 is 21.6 Å². The molecular weight excluding hydrogens is 202 g/mol. The highest BCUT2D eigenvalue weighted by Crippen LogP contribution is 2.34. The van der Waals surface area contributed by atoms with E-state index >= 15 is 0 Å². The monoisotopic (exact) mass is 219 g/mol. The molecule has 0 aliphatic carbocycles. The summed E-state index contributed by atoms with van der Waals surface area (Å²) >= 11 is 1.90. The Balaban J connectivity index is 2.64. The van der Waals surface area contributed by atoms with Gasteiger partial charge >= 0.3 is 0 Å². The van der Waals surface area contributed by atoms with Crippen molar-refractivity contribution in [3.05, 3.63) is 28.8 Å². The van der Waals surface area contributed by atoms with Crippen LogP contribution in [0.3, 0.4) is 0 Å². The number of aromatic nitrogens is 1. The predicted molar refractivity (Wildman–Crippen MR) is 67.8 cm³/mol. The van der Waals surface area contributed by atoms with Crippen molar-refractivity contribution < 1.29 is 0 Å². The van der Waals surface area contributed by atoms with Crippen molar-refractivity contribution in [3.63, 3.8) is 0 Å². The van der Waals surface area contributed by atoms with E-state index in [-0.39, 0.29) is 0 Å². The van der Waals surface area contributed by atoms with Crippen LogP contribution in [0, 0.1) is 0 Å². The highest BCUT2D eigenvalue weighted by molar-refractivity contribution is 7.19. The van der Waals surface area contributed by atoms with Crippen LogP contribution in [0.2, 0.25) is 0 Å². The van der Waals surface area contributed by atoms with Crippen LogP contribution in [0.4, 0.5) is 0 Å². The van der Waals surface area contributed by atoms with Crippen LogP contribution in [-0.4, -0.2) is 4.98 Å². The van der Waals surface area contributed by atoms with Crippen molar-refractivity contribution in [1.29, 1.82) is 0 Å². The number of hydrogen-bond acceptors (Lipinski definition) is 2. The number of nitrogens with zero attached hydrogens (tertiary/aromatic N) is 1. The minimum Gasteiger partial charge on any atom is -0.255 e. The highest BCUT2D eigenvalue weighted by Gasteiger charge is 2.11. The molecule has 0 unspecified atom stereocenters. The minimum absolute atomic E-state index is 0.578. The van der Waals surface area contributed by atoms with E-state index in [1.54, 1.807) is 0 Å². The van der Waals surface area contributed by atoms with E-state index in [0.29, 0.717) is 11.8 Å². The number of hydrogen-bond donors (Lipinski definition) is 0. The Morgan fingerprint density at radius 2 is 1.87 bits per heavy atom. The fourth-order valence-corrected chi connectivity index (χ4v) is 3.00. The zero-order chi connectivity index (χ0) is 11.0. The first kappa shape index (κ1) is 10.6. The first-order valence-corrected chi connectivity index (χ1v) is 6.29. The topological polar surface area (TPSA) is 12.9 Å². The fourth-order valence-electron chi connectivity index (χ4n) is 1.72. The summed E-state index contributed by atoms with van der Waals surface area (Å²) in [5.41, 5.74) is 2.59. The predicted octanol–water partition coefficient (Wildman–Crippen LogP) is 4.54. The van der Waals surface area contributed by atoms with E-state index in [4.69, 9.17) is 0 Å². The van der Waals surface area contributed by atoms with E-state index in [9.17, 15) is 0 Å². The molecule has 0 bridgehead atoms. The summed E-state index contributed by atoms with van der Waals surface area (Å²) in [5, 5.41) is 0. The third-order valence-corrected chi connectivity index (χ3v) is 4.13. The van der Waals surface area contributed by atoms with E-state index < -0.39 is 0 Å². The molecule has 2 aromatic heterocycles. The first-order chi connectivity index (χ1) is 7.09. The van der Waals surface area contributed by atoms with Gasteiger partial charge < -0.3 is 0 Å². The minimum atomic E-state index is 0.578. The van der Waals surface area contributed by atoms with Crippen molar-refractivity contribution in [2.75, 3.05) is 0 Å². The van der Waals surface area contributed by atoms with Gasteiger partial charge in [-0.1, -0.05) is 27.7 Å². The molecule has 2 heterocycles. The number of rotatable bonds is 2. The number of pyridine rings is 1. The van der Waals surface area contributed by atoms with E-state index in [2.05, 4.69) is 44.8 Å². The van der Waals surface area contributed by atoms with Gasteiger partial charge in [0.2, 0.25) is 0 Å². The largest absolute Gasteiger partial charge is 0.255 e. The average molecular weight is 219 g/mol. The Morgan fingerprint density at radius 3 is 2.47 bits per heavy atom. The number of fused-ring (bicyclic) bond motifs is 1. The maximum Gasteiger partial charge on any atom is 0.0815 e. The lowest BCUT2D eigenvalue weighted by Gasteiger charge is -2.05. The molecule has 0 saturated heterocycles. The third kappa shape index (κ3) is 1.91. The summed E-state index contributed by atoms with van der Waals surface area (Å²) in [6.45, 7) is 8.95. The second-order valence-corrected chi connectivity index (χ2v) is 5.66. The van der Waals surface area contributed by atoms with E-state index in [1.165, 1.54) is 15.1 Å². The molecule has 0 spiro atoms. The quantitative estimate of drug-likeness (QED) is 0.722. The van der Waals surface area contributed by atoms with Crippen molar-refractivity contribution in [1.82, 2.24) is 4.98 Å². The lowest BCUT2D eigenvalue weighted by molar-refractivity contribution is 0.876. The summed E-state index contributed by atoms with van der Waals surface area (Å²) in [6, 6.07) is 4.38. The first-order valence-electron chi connectivity index (χ1n) is 5.48. The molecule has 2 aromatic rings. The number of thiophene rings is 1. The van der Waals surface area contributed by atoms with Gasteiger partial charge in [0.1, 0.15) is 0 Å². The lowest BCUT2D eigenvalue weighted by Crippen LogP contribution is -1.87. The van der Waals surface area contributed by atoms with Crippen molar-refractivity contribution in [2.24, 2.45) is 0 Å². The highest BCUT2D eigenvalue weighted by atomic mass is 32.1. The summed E-state index contributed by atoms with van der Waals surface area (Å²) in [4.78, 5) is 5.87. The molecule has 15 heavy (non-hydrogen) atoms. The summed E-state index contributed by atoms with van der Waals surface area (Å²) in [6.07, 6.45) is 1.93. The van der Waals surface area contributed by atoms with Crippen LogP contribution in [0.25, 0.3) is 10.2 Å². The van der Waals surface area contributed by atoms with Gasteiger partial charge in [-0.05, 0) is 29.5 Å². The van der Waals surface area contributed by atoms with Gasteiger partial charge in [-0.25, -0.2) is 0 Å². The van der Waals surface area contributed by atoms with Crippen LogP contribution in [-0.2, 0) is 0 Å². The molecule has 2 heteroatoms. The zero-order valence-corrected chi connectivity index (χ0v) is 10.6. The summed E-state index contributed by atoms with van der Waals surface area (Å²) < 4.78 is 1.37.